The zero-order valence-electron chi connectivity index (χ0n) is 11.5. The van der Waals surface area contributed by atoms with Crippen LogP contribution in [0.25, 0.3) is 11.5 Å². The van der Waals surface area contributed by atoms with Crippen LogP contribution in [-0.4, -0.2) is 36.3 Å². The van der Waals surface area contributed by atoms with E-state index in [2.05, 4.69) is 10.1 Å². The standard InChI is InChI=1S/C14H17F2N3O2/c15-12(16)9-20-8-6-13-18-14(21-19-13)11-4-2-1-3-10(11)5-7-17/h1-4,12H,5-9,17H2. The minimum absolute atomic E-state index is 0.133. The maximum absolute atomic E-state index is 11.9. The van der Waals surface area contributed by atoms with E-state index in [1.54, 1.807) is 0 Å². The molecule has 2 N–H and O–H groups in total. The zero-order chi connectivity index (χ0) is 15.1. The van der Waals surface area contributed by atoms with Gasteiger partial charge in [0.05, 0.1) is 6.61 Å². The van der Waals surface area contributed by atoms with E-state index in [0.29, 0.717) is 31.1 Å². The van der Waals surface area contributed by atoms with Crippen LogP contribution in [0.1, 0.15) is 11.4 Å². The first-order valence-electron chi connectivity index (χ1n) is 6.67. The van der Waals surface area contributed by atoms with Gasteiger partial charge in [0.2, 0.25) is 0 Å². The Balaban J connectivity index is 1.99. The van der Waals surface area contributed by atoms with Crippen molar-refractivity contribution < 1.29 is 18.0 Å². The lowest BCUT2D eigenvalue weighted by atomic mass is 10.0. The van der Waals surface area contributed by atoms with Gasteiger partial charge in [0.25, 0.3) is 12.3 Å². The molecule has 0 bridgehead atoms. The van der Waals surface area contributed by atoms with Crippen LogP contribution in [0.3, 0.4) is 0 Å². The molecule has 0 fully saturated rings. The first-order valence-corrected chi connectivity index (χ1v) is 6.67. The molecule has 21 heavy (non-hydrogen) atoms. The third kappa shape index (κ3) is 4.57. The fourth-order valence-corrected chi connectivity index (χ4v) is 1.90. The summed E-state index contributed by atoms with van der Waals surface area (Å²) < 4.78 is 33.8. The number of rotatable bonds is 8. The van der Waals surface area contributed by atoms with E-state index in [0.717, 1.165) is 11.1 Å². The first-order chi connectivity index (χ1) is 10.2. The number of hydrogen-bond acceptors (Lipinski definition) is 5. The second kappa shape index (κ2) is 7.80. The van der Waals surface area contributed by atoms with Gasteiger partial charge in [0.1, 0.15) is 6.61 Å². The van der Waals surface area contributed by atoms with Gasteiger partial charge in [-0.05, 0) is 24.6 Å². The summed E-state index contributed by atoms with van der Waals surface area (Å²) in [5.74, 6) is 0.838. The summed E-state index contributed by atoms with van der Waals surface area (Å²) in [4.78, 5) is 4.25. The summed E-state index contributed by atoms with van der Waals surface area (Å²) in [5.41, 5.74) is 7.45. The van der Waals surface area contributed by atoms with Crippen LogP contribution < -0.4 is 5.73 Å². The fourth-order valence-electron chi connectivity index (χ4n) is 1.90. The number of ether oxygens (including phenoxy) is 1. The molecular formula is C14H17F2N3O2. The van der Waals surface area contributed by atoms with Crippen molar-refractivity contribution in [3.63, 3.8) is 0 Å². The number of alkyl halides is 2. The number of nitrogens with two attached hydrogens (primary N) is 1. The van der Waals surface area contributed by atoms with Crippen LogP contribution in [-0.2, 0) is 17.6 Å². The molecule has 0 radical (unpaired) electrons. The Hall–Kier alpha value is -1.86. The molecular weight excluding hydrogens is 280 g/mol. The molecule has 0 atom stereocenters. The van der Waals surface area contributed by atoms with E-state index in [-0.39, 0.29) is 6.61 Å². The summed E-state index contributed by atoms with van der Waals surface area (Å²) >= 11 is 0. The molecule has 0 saturated carbocycles. The van der Waals surface area contributed by atoms with Crippen LogP contribution in [0.2, 0.25) is 0 Å². The highest BCUT2D eigenvalue weighted by Gasteiger charge is 2.12. The van der Waals surface area contributed by atoms with Crippen LogP contribution >= 0.6 is 0 Å². The molecule has 1 aromatic carbocycles. The second-order valence-electron chi connectivity index (χ2n) is 4.43. The lowest BCUT2D eigenvalue weighted by Crippen LogP contribution is -2.07. The van der Waals surface area contributed by atoms with Crippen molar-refractivity contribution in [1.29, 1.82) is 0 Å². The third-order valence-electron chi connectivity index (χ3n) is 2.84. The number of halogens is 2. The van der Waals surface area contributed by atoms with Crippen molar-refractivity contribution in [3.05, 3.63) is 35.7 Å². The van der Waals surface area contributed by atoms with E-state index >= 15 is 0 Å². The Kier molecular flexibility index (Phi) is 5.77. The predicted octanol–water partition coefficient (Wildman–Crippen LogP) is 2.06. The van der Waals surface area contributed by atoms with E-state index in [9.17, 15) is 8.78 Å². The molecule has 7 heteroatoms. The van der Waals surface area contributed by atoms with Crippen LogP contribution in [0.15, 0.2) is 28.8 Å². The summed E-state index contributed by atoms with van der Waals surface area (Å²) in [6.45, 7) is 0.0806. The van der Waals surface area contributed by atoms with Crippen molar-refractivity contribution in [2.75, 3.05) is 19.8 Å². The number of hydrogen-bond donors (Lipinski definition) is 1. The van der Waals surface area contributed by atoms with Crippen LogP contribution in [0, 0.1) is 0 Å². The molecule has 114 valence electrons. The Morgan fingerprint density at radius 1 is 1.24 bits per heavy atom. The normalized spacial score (nSPS) is 11.2. The van der Waals surface area contributed by atoms with Gasteiger partial charge in [0, 0.05) is 12.0 Å². The van der Waals surface area contributed by atoms with E-state index in [1.165, 1.54) is 0 Å². The predicted molar refractivity (Wildman–Crippen MR) is 73.0 cm³/mol. The maximum atomic E-state index is 11.9. The van der Waals surface area contributed by atoms with E-state index in [4.69, 9.17) is 15.0 Å². The van der Waals surface area contributed by atoms with E-state index in [1.807, 2.05) is 24.3 Å². The van der Waals surface area contributed by atoms with Crippen molar-refractivity contribution in [2.45, 2.75) is 19.3 Å². The highest BCUT2D eigenvalue weighted by Crippen LogP contribution is 2.22. The first kappa shape index (κ1) is 15.5. The molecule has 0 aliphatic carbocycles. The summed E-state index contributed by atoms with van der Waals surface area (Å²) in [7, 11) is 0. The maximum Gasteiger partial charge on any atom is 0.261 e. The van der Waals surface area contributed by atoms with Gasteiger partial charge in [-0.1, -0.05) is 23.4 Å². The molecule has 1 heterocycles. The Morgan fingerprint density at radius 3 is 2.81 bits per heavy atom. The fraction of sp³-hybridized carbons (Fsp3) is 0.429. The number of benzene rings is 1. The van der Waals surface area contributed by atoms with Crippen molar-refractivity contribution in [3.8, 4) is 11.5 Å². The van der Waals surface area contributed by atoms with E-state index < -0.39 is 13.0 Å². The molecule has 0 amide bonds. The largest absolute Gasteiger partial charge is 0.375 e. The molecule has 1 aromatic heterocycles. The SMILES string of the molecule is NCCc1ccccc1-c1nc(CCOCC(F)F)no1. The van der Waals surface area contributed by atoms with Crippen LogP contribution in [0.4, 0.5) is 8.78 Å². The Labute approximate surface area is 121 Å². The average Bonchev–Trinajstić information content (AvgIpc) is 2.93. The quantitative estimate of drug-likeness (QED) is 0.755. The van der Waals surface area contributed by atoms with Gasteiger partial charge in [-0.3, -0.25) is 0 Å². The number of aromatic nitrogens is 2. The van der Waals surface area contributed by atoms with Gasteiger partial charge in [-0.2, -0.15) is 4.98 Å². The Morgan fingerprint density at radius 2 is 2.05 bits per heavy atom. The molecule has 2 rings (SSSR count). The highest BCUT2D eigenvalue weighted by molar-refractivity contribution is 5.58. The zero-order valence-corrected chi connectivity index (χ0v) is 11.5. The third-order valence-corrected chi connectivity index (χ3v) is 2.84. The van der Waals surface area contributed by atoms with Gasteiger partial charge >= 0.3 is 0 Å². The minimum atomic E-state index is -2.46. The minimum Gasteiger partial charge on any atom is -0.375 e. The summed E-state index contributed by atoms with van der Waals surface area (Å²) in [6.07, 6.45) is -1.42. The molecule has 0 aliphatic heterocycles. The van der Waals surface area contributed by atoms with Gasteiger partial charge in [0.15, 0.2) is 5.82 Å². The lowest BCUT2D eigenvalue weighted by Gasteiger charge is -2.03. The molecule has 5 nitrogen and oxygen atoms in total. The highest BCUT2D eigenvalue weighted by atomic mass is 19.3. The molecule has 2 aromatic rings. The van der Waals surface area contributed by atoms with Crippen molar-refractivity contribution >= 4 is 0 Å². The van der Waals surface area contributed by atoms with Gasteiger partial charge < -0.3 is 15.0 Å². The van der Waals surface area contributed by atoms with Crippen LogP contribution in [0.5, 0.6) is 0 Å². The molecule has 0 unspecified atom stereocenters. The molecule has 0 aliphatic rings. The monoisotopic (exact) mass is 297 g/mol. The topological polar surface area (TPSA) is 74.2 Å². The average molecular weight is 297 g/mol. The van der Waals surface area contributed by atoms with Gasteiger partial charge in [-0.25, -0.2) is 8.78 Å². The summed E-state index contributed by atoms with van der Waals surface area (Å²) in [5, 5.41) is 3.83. The molecule has 0 spiro atoms. The van der Waals surface area contributed by atoms with Crippen molar-refractivity contribution in [2.24, 2.45) is 5.73 Å². The summed E-state index contributed by atoms with van der Waals surface area (Å²) in [6, 6.07) is 7.64. The smallest absolute Gasteiger partial charge is 0.261 e. The van der Waals surface area contributed by atoms with Gasteiger partial charge in [-0.15, -0.1) is 0 Å². The molecule has 0 saturated heterocycles. The second-order valence-corrected chi connectivity index (χ2v) is 4.43. The lowest BCUT2D eigenvalue weighted by molar-refractivity contribution is 0.0182. The Bertz CT molecular complexity index is 561. The number of nitrogens with zero attached hydrogens (tertiary/aromatic N) is 2. The van der Waals surface area contributed by atoms with Crippen molar-refractivity contribution in [1.82, 2.24) is 10.1 Å².